The van der Waals surface area contributed by atoms with Gasteiger partial charge in [-0.3, -0.25) is 14.4 Å². The highest BCUT2D eigenvalue weighted by Gasteiger charge is 2.90. The minimum absolute atomic E-state index is 0.00608. The van der Waals surface area contributed by atoms with Gasteiger partial charge in [-0.25, -0.2) is 14.4 Å². The first-order chi connectivity index (χ1) is 28.7. The Morgan fingerprint density at radius 1 is 0.918 bits per heavy atom. The van der Waals surface area contributed by atoms with E-state index in [-0.39, 0.29) is 25.9 Å². The largest absolute Gasteiger partial charge is 0.467 e. The highest BCUT2D eigenvalue weighted by atomic mass is 16.7. The summed E-state index contributed by atoms with van der Waals surface area (Å²) in [6.07, 6.45) is -2.02. The fourth-order valence-corrected chi connectivity index (χ4v) is 13.7. The molecular formula is C47H54O14. The Hall–Kier alpha value is -5.08. The number of cyclic esters (lactones) is 1. The third-order valence-electron chi connectivity index (χ3n) is 16.0. The van der Waals surface area contributed by atoms with E-state index >= 15 is 0 Å². The molecule has 4 saturated carbocycles. The first kappa shape index (κ1) is 42.6. The lowest BCUT2D eigenvalue weighted by Gasteiger charge is -2.74. The van der Waals surface area contributed by atoms with Crippen molar-refractivity contribution < 1.29 is 67.0 Å². The van der Waals surface area contributed by atoms with E-state index in [0.29, 0.717) is 22.9 Å². The number of hydrogen-bond donors (Lipinski definition) is 1. The van der Waals surface area contributed by atoms with Crippen molar-refractivity contribution in [2.24, 2.45) is 39.4 Å². The van der Waals surface area contributed by atoms with Gasteiger partial charge in [-0.05, 0) is 72.8 Å². The highest BCUT2D eigenvalue weighted by Crippen LogP contribution is 2.78. The van der Waals surface area contributed by atoms with Gasteiger partial charge in [-0.1, -0.05) is 62.9 Å². The maximum absolute atomic E-state index is 14.2. The van der Waals surface area contributed by atoms with Gasteiger partial charge in [-0.2, -0.15) is 0 Å². The number of hydrogen-bond acceptors (Lipinski definition) is 14. The number of aliphatic hydroxyl groups is 1. The molecule has 326 valence electrons. The Bertz CT molecular complexity index is 2280. The van der Waals surface area contributed by atoms with E-state index in [1.54, 1.807) is 32.1 Å². The molecule has 14 atom stereocenters. The van der Waals surface area contributed by atoms with Crippen LogP contribution in [-0.4, -0.2) is 96.4 Å². The first-order valence-electron chi connectivity index (χ1n) is 20.9. The molecule has 0 aromatic heterocycles. The minimum atomic E-state index is -1.91. The molecule has 4 unspecified atom stereocenters. The van der Waals surface area contributed by atoms with E-state index in [1.807, 2.05) is 44.2 Å². The molecule has 2 aromatic carbocycles. The van der Waals surface area contributed by atoms with Crippen molar-refractivity contribution in [1.29, 1.82) is 0 Å². The molecular weight excluding hydrogens is 789 g/mol. The summed E-state index contributed by atoms with van der Waals surface area (Å²) < 4.78 is 42.8. The van der Waals surface area contributed by atoms with Crippen molar-refractivity contribution in [2.45, 2.75) is 116 Å². The van der Waals surface area contributed by atoms with Crippen LogP contribution in [0.25, 0.3) is 10.8 Å². The van der Waals surface area contributed by atoms with Gasteiger partial charge < -0.3 is 38.3 Å². The highest BCUT2D eigenvalue weighted by molar-refractivity contribution is 6.04. The van der Waals surface area contributed by atoms with E-state index in [2.05, 4.69) is 6.58 Å². The van der Waals surface area contributed by atoms with Crippen LogP contribution in [0.5, 0.6) is 0 Å². The van der Waals surface area contributed by atoms with Gasteiger partial charge in [0.15, 0.2) is 6.10 Å². The van der Waals surface area contributed by atoms with Crippen LogP contribution in [0.2, 0.25) is 0 Å². The molecule has 0 radical (unpaired) electrons. The van der Waals surface area contributed by atoms with Crippen molar-refractivity contribution >= 4 is 46.6 Å². The molecule has 2 heterocycles. The van der Waals surface area contributed by atoms with Crippen LogP contribution in [0, 0.1) is 39.4 Å². The smallest absolute Gasteiger partial charge is 0.342 e. The maximum Gasteiger partial charge on any atom is 0.342 e. The standard InChI is InChI=1S/C47H54O14/c1-24-21-46(54)34-19-20-42(6)33-17-18-35(51)56-23-45(33,25(2)57-40(52)31-16-12-14-29-13-10-11-15-30(29)31)22-32(58-26(3)48)36(42)43(34,7)38(59-27(4)49)39(60-28(5)50)44(46,8)47(37(24)61-47)41(53)55-9/h10-18,25,32-34,36-39,54H,1,19-23H2,2-9H3/t25?,32?,33-,34?,36?,37+,38+,39-,42-,43-,44+,45-,46+,47-/m0/s1. The average Bonchev–Trinajstić information content (AvgIpc) is 3.99. The topological polar surface area (TPSA) is 191 Å². The van der Waals surface area contributed by atoms with Crippen molar-refractivity contribution in [2.75, 3.05) is 13.7 Å². The van der Waals surface area contributed by atoms with Crippen LogP contribution in [-0.2, 0) is 57.1 Å². The number of rotatable bonds is 7. The number of fused-ring (bicyclic) bond motifs is 10. The fourth-order valence-electron chi connectivity index (χ4n) is 13.7. The maximum atomic E-state index is 14.2. The lowest BCUT2D eigenvalue weighted by atomic mass is 9.32. The Balaban J connectivity index is 1.32. The summed E-state index contributed by atoms with van der Waals surface area (Å²) >= 11 is 0. The lowest BCUT2D eigenvalue weighted by molar-refractivity contribution is -0.346. The summed E-state index contributed by atoms with van der Waals surface area (Å²) in [5.74, 6) is -6.34. The summed E-state index contributed by atoms with van der Waals surface area (Å²) in [5.41, 5.74) is -8.28. The fraction of sp³-hybridized carbons (Fsp3) is 0.574. The number of carbonyl (C=O) groups excluding carboxylic acids is 6. The Morgan fingerprint density at radius 2 is 1.57 bits per heavy atom. The molecule has 0 spiro atoms. The average molecular weight is 843 g/mol. The second-order valence-electron chi connectivity index (χ2n) is 18.8. The minimum Gasteiger partial charge on any atom is -0.467 e. The number of allylic oxidation sites excluding steroid dienone is 1. The van der Waals surface area contributed by atoms with Crippen LogP contribution in [0.1, 0.15) is 84.5 Å². The van der Waals surface area contributed by atoms with E-state index in [0.717, 1.165) is 5.39 Å². The predicted octanol–water partition coefficient (Wildman–Crippen LogP) is 5.36. The molecule has 1 saturated heterocycles. The van der Waals surface area contributed by atoms with Crippen LogP contribution in [0.15, 0.2) is 66.8 Å². The normalized spacial score (nSPS) is 41.1. The lowest BCUT2D eigenvalue weighted by Crippen LogP contribution is -2.83. The van der Waals surface area contributed by atoms with E-state index in [4.69, 9.17) is 33.2 Å². The number of benzene rings is 2. The number of methoxy groups -OCH3 is 1. The molecule has 61 heavy (non-hydrogen) atoms. The molecule has 8 rings (SSSR count). The van der Waals surface area contributed by atoms with Crippen LogP contribution in [0.4, 0.5) is 0 Å². The third kappa shape index (κ3) is 5.72. The van der Waals surface area contributed by atoms with E-state index in [9.17, 15) is 33.9 Å². The molecule has 4 aliphatic carbocycles. The SMILES string of the molecule is C=C1C[C@@]2(O)C3CC[C@]4(C)C(C(OC(C)=O)C[C@@]5(C(C)OC(=O)c6cccc7ccccc67)COC(=O)C=C[C@H]54)[C@@]3(C)[C@H](OC(C)=O)[C@H](OC(C)=O)[C@@]2(C)[C@]2(C(=O)OC)O[C@H]12. The van der Waals surface area contributed by atoms with Crippen LogP contribution < -0.4 is 0 Å². The van der Waals surface area contributed by atoms with Gasteiger partial charge in [0.25, 0.3) is 0 Å². The zero-order valence-corrected chi connectivity index (χ0v) is 35.8. The number of carbonyl (C=O) groups is 6. The Kier molecular flexibility index (Phi) is 9.94. The summed E-state index contributed by atoms with van der Waals surface area (Å²) in [4.78, 5) is 81.5. The van der Waals surface area contributed by atoms with Crippen LogP contribution >= 0.6 is 0 Å². The van der Waals surface area contributed by atoms with Crippen LogP contribution in [0.3, 0.4) is 0 Å². The molecule has 0 amide bonds. The molecule has 6 aliphatic rings. The molecule has 2 aromatic rings. The second kappa shape index (κ2) is 14.2. The van der Waals surface area contributed by atoms with Gasteiger partial charge in [0, 0.05) is 44.6 Å². The summed E-state index contributed by atoms with van der Waals surface area (Å²) in [6, 6.07) is 12.8. The van der Waals surface area contributed by atoms with Crippen molar-refractivity contribution in [3.8, 4) is 0 Å². The van der Waals surface area contributed by atoms with Gasteiger partial charge in [0.05, 0.1) is 29.1 Å². The Morgan fingerprint density at radius 3 is 2.25 bits per heavy atom. The zero-order valence-electron chi connectivity index (χ0n) is 35.8. The van der Waals surface area contributed by atoms with Gasteiger partial charge in [0.1, 0.15) is 31.0 Å². The molecule has 14 nitrogen and oxygen atoms in total. The second-order valence-corrected chi connectivity index (χ2v) is 18.8. The van der Waals surface area contributed by atoms with Crippen molar-refractivity contribution in [3.05, 3.63) is 72.3 Å². The first-order valence-corrected chi connectivity index (χ1v) is 20.9. The van der Waals surface area contributed by atoms with Crippen molar-refractivity contribution in [1.82, 2.24) is 0 Å². The van der Waals surface area contributed by atoms with E-state index in [1.165, 1.54) is 34.0 Å². The number of ether oxygens (including phenoxy) is 7. The molecule has 5 fully saturated rings. The predicted molar refractivity (Wildman–Crippen MR) is 215 cm³/mol. The quantitative estimate of drug-likeness (QED) is 0.162. The Labute approximate surface area is 354 Å². The van der Waals surface area contributed by atoms with Gasteiger partial charge in [0.2, 0.25) is 5.60 Å². The summed E-state index contributed by atoms with van der Waals surface area (Å²) in [5, 5.41) is 15.2. The molecule has 0 bridgehead atoms. The summed E-state index contributed by atoms with van der Waals surface area (Å²) in [7, 11) is 1.20. The number of esters is 6. The molecule has 1 N–H and O–H groups in total. The monoisotopic (exact) mass is 842 g/mol. The van der Waals surface area contributed by atoms with Crippen molar-refractivity contribution in [3.63, 3.8) is 0 Å². The zero-order chi connectivity index (χ0) is 44.2. The molecule has 2 aliphatic heterocycles. The number of epoxide rings is 1. The van der Waals surface area contributed by atoms with E-state index < -0.39 is 117 Å². The van der Waals surface area contributed by atoms with Gasteiger partial charge >= 0.3 is 35.8 Å². The summed E-state index contributed by atoms with van der Waals surface area (Å²) in [6.45, 7) is 15.0. The van der Waals surface area contributed by atoms with Gasteiger partial charge in [-0.15, -0.1) is 0 Å². The molecule has 14 heteroatoms. The third-order valence-corrected chi connectivity index (χ3v) is 16.0.